The zero-order chi connectivity index (χ0) is 18.5. The van der Waals surface area contributed by atoms with Crippen molar-refractivity contribution in [3.63, 3.8) is 0 Å². The van der Waals surface area contributed by atoms with E-state index in [0.717, 1.165) is 31.8 Å². The Kier molecular flexibility index (Phi) is 4.18. The van der Waals surface area contributed by atoms with Crippen molar-refractivity contribution in [3.05, 3.63) is 29.8 Å². The second-order valence-corrected chi connectivity index (χ2v) is 8.29. The second kappa shape index (κ2) is 6.27. The molecule has 140 valence electrons. The summed E-state index contributed by atoms with van der Waals surface area (Å²) < 4.78 is 6.01. The molecule has 0 radical (unpaired) electrons. The molecule has 2 fully saturated rings. The Morgan fingerprint density at radius 1 is 1.15 bits per heavy atom. The van der Waals surface area contributed by atoms with Gasteiger partial charge in [-0.25, -0.2) is 0 Å². The van der Waals surface area contributed by atoms with Crippen LogP contribution in [0.1, 0.15) is 19.4 Å². The molecule has 3 atom stereocenters. The minimum atomic E-state index is -0.857. The molecule has 2 aliphatic heterocycles. The Labute approximate surface area is 153 Å². The molecule has 1 aromatic carbocycles. The van der Waals surface area contributed by atoms with Gasteiger partial charge in [-0.15, -0.1) is 0 Å². The van der Waals surface area contributed by atoms with Crippen LogP contribution in [0.25, 0.3) is 0 Å². The van der Waals surface area contributed by atoms with Crippen molar-refractivity contribution in [2.75, 3.05) is 32.7 Å². The number of carboxylic acids is 1. The topological polar surface area (TPSA) is 70.1 Å². The predicted molar refractivity (Wildman–Crippen MR) is 96.0 cm³/mol. The monoisotopic (exact) mass is 358 g/mol. The third-order valence-electron chi connectivity index (χ3n) is 6.22. The van der Waals surface area contributed by atoms with Crippen LogP contribution in [-0.4, -0.2) is 65.6 Å². The number of rotatable bonds is 4. The van der Waals surface area contributed by atoms with E-state index in [-0.39, 0.29) is 17.9 Å². The molecule has 4 rings (SSSR count). The average Bonchev–Trinajstić information content (AvgIpc) is 2.97. The van der Waals surface area contributed by atoms with Gasteiger partial charge in [0.25, 0.3) is 0 Å². The van der Waals surface area contributed by atoms with Gasteiger partial charge in [0, 0.05) is 39.1 Å². The van der Waals surface area contributed by atoms with Crippen molar-refractivity contribution in [3.8, 4) is 5.75 Å². The lowest BCUT2D eigenvalue weighted by Gasteiger charge is -2.36. The van der Waals surface area contributed by atoms with Gasteiger partial charge in [-0.2, -0.15) is 0 Å². The number of ether oxygens (including phenoxy) is 1. The molecule has 6 heteroatoms. The van der Waals surface area contributed by atoms with E-state index in [1.165, 1.54) is 5.56 Å². The van der Waals surface area contributed by atoms with E-state index < -0.39 is 17.3 Å². The van der Waals surface area contributed by atoms with E-state index in [0.29, 0.717) is 13.1 Å². The maximum Gasteiger partial charge on any atom is 0.307 e. The summed E-state index contributed by atoms with van der Waals surface area (Å²) in [5.41, 5.74) is 0.839. The van der Waals surface area contributed by atoms with Crippen molar-refractivity contribution in [1.29, 1.82) is 0 Å². The van der Waals surface area contributed by atoms with Crippen molar-refractivity contribution in [2.24, 2.45) is 17.3 Å². The quantitative estimate of drug-likeness (QED) is 0.883. The first-order valence-corrected chi connectivity index (χ1v) is 9.36. The standard InChI is InChI=1S/C20H26N2O4/c1-20(2)16(17(20)19(24)25)18(23)22-9-7-21(8-10-22)12-14-11-13-5-3-4-6-15(13)26-14/h3-6,14,16-17H,7-12H2,1-2H3,(H,24,25)/t14-,16-,17+/m0/s1. The number of benzene rings is 1. The first-order valence-electron chi connectivity index (χ1n) is 9.36. The van der Waals surface area contributed by atoms with E-state index in [4.69, 9.17) is 4.74 Å². The Bertz CT molecular complexity index is 699. The molecule has 0 bridgehead atoms. The fourth-order valence-corrected chi connectivity index (χ4v) is 4.55. The largest absolute Gasteiger partial charge is 0.488 e. The van der Waals surface area contributed by atoms with Crippen LogP contribution < -0.4 is 4.74 Å². The van der Waals surface area contributed by atoms with Crippen molar-refractivity contribution >= 4 is 11.9 Å². The third kappa shape index (κ3) is 2.96. The van der Waals surface area contributed by atoms with Crippen LogP contribution in [0.3, 0.4) is 0 Å². The molecule has 1 amide bonds. The van der Waals surface area contributed by atoms with E-state index in [1.807, 2.05) is 36.9 Å². The zero-order valence-electron chi connectivity index (χ0n) is 15.4. The maximum absolute atomic E-state index is 12.7. The number of hydrogen-bond acceptors (Lipinski definition) is 4. The van der Waals surface area contributed by atoms with E-state index in [1.54, 1.807) is 0 Å². The summed E-state index contributed by atoms with van der Waals surface area (Å²) in [4.78, 5) is 28.2. The molecule has 0 aromatic heterocycles. The predicted octanol–water partition coefficient (Wildman–Crippen LogP) is 1.49. The molecular weight excluding hydrogens is 332 g/mol. The number of para-hydroxylation sites is 1. The van der Waals surface area contributed by atoms with Crippen LogP contribution >= 0.6 is 0 Å². The van der Waals surface area contributed by atoms with Crippen molar-refractivity contribution < 1.29 is 19.4 Å². The fraction of sp³-hybridized carbons (Fsp3) is 0.600. The molecule has 1 saturated carbocycles. The lowest BCUT2D eigenvalue weighted by molar-refractivity contribution is -0.142. The summed E-state index contributed by atoms with van der Waals surface area (Å²) in [5.74, 6) is -0.781. The van der Waals surface area contributed by atoms with Crippen LogP contribution in [0, 0.1) is 17.3 Å². The molecule has 3 aliphatic rings. The van der Waals surface area contributed by atoms with E-state index >= 15 is 0 Å². The van der Waals surface area contributed by atoms with Crippen LogP contribution in [0.2, 0.25) is 0 Å². The smallest absolute Gasteiger partial charge is 0.307 e. The molecule has 26 heavy (non-hydrogen) atoms. The van der Waals surface area contributed by atoms with Gasteiger partial charge in [-0.3, -0.25) is 14.5 Å². The van der Waals surface area contributed by atoms with Crippen LogP contribution in [-0.2, 0) is 16.0 Å². The number of carbonyl (C=O) groups is 2. The normalized spacial score (nSPS) is 29.8. The van der Waals surface area contributed by atoms with Gasteiger partial charge in [-0.05, 0) is 17.0 Å². The summed E-state index contributed by atoms with van der Waals surface area (Å²) in [6.45, 7) is 7.57. The first-order chi connectivity index (χ1) is 12.4. The summed E-state index contributed by atoms with van der Waals surface area (Å²) in [5, 5.41) is 9.29. The summed E-state index contributed by atoms with van der Waals surface area (Å²) >= 11 is 0. The third-order valence-corrected chi connectivity index (χ3v) is 6.22. The average molecular weight is 358 g/mol. The maximum atomic E-state index is 12.7. The molecular formula is C20H26N2O4. The molecule has 0 unspecified atom stereocenters. The highest BCUT2D eigenvalue weighted by molar-refractivity contribution is 5.91. The lowest BCUT2D eigenvalue weighted by Crippen LogP contribution is -2.51. The number of aliphatic carboxylic acids is 1. The molecule has 1 aliphatic carbocycles. The Hall–Kier alpha value is -2.08. The number of carbonyl (C=O) groups excluding carboxylic acids is 1. The van der Waals surface area contributed by atoms with Gasteiger partial charge in [0.1, 0.15) is 11.9 Å². The van der Waals surface area contributed by atoms with Crippen LogP contribution in [0.5, 0.6) is 5.75 Å². The Balaban J connectivity index is 1.27. The minimum absolute atomic E-state index is 0.00608. The lowest BCUT2D eigenvalue weighted by atomic mass is 10.1. The highest BCUT2D eigenvalue weighted by Crippen LogP contribution is 2.59. The summed E-state index contributed by atoms with van der Waals surface area (Å²) in [7, 11) is 0. The van der Waals surface area contributed by atoms with Gasteiger partial charge in [0.05, 0.1) is 11.8 Å². The number of nitrogens with zero attached hydrogens (tertiary/aromatic N) is 2. The van der Waals surface area contributed by atoms with Gasteiger partial charge < -0.3 is 14.7 Å². The number of fused-ring (bicyclic) bond motifs is 1. The van der Waals surface area contributed by atoms with Crippen molar-refractivity contribution in [1.82, 2.24) is 9.80 Å². The highest BCUT2D eigenvalue weighted by atomic mass is 16.5. The molecule has 2 heterocycles. The van der Waals surface area contributed by atoms with Gasteiger partial charge >= 0.3 is 5.97 Å². The van der Waals surface area contributed by atoms with Crippen molar-refractivity contribution in [2.45, 2.75) is 26.4 Å². The number of carboxylic acid groups (broad SMARTS) is 1. The summed E-state index contributed by atoms with van der Waals surface area (Å²) in [6, 6.07) is 8.17. The molecule has 1 saturated heterocycles. The molecule has 1 aromatic rings. The zero-order valence-corrected chi connectivity index (χ0v) is 15.4. The van der Waals surface area contributed by atoms with E-state index in [9.17, 15) is 14.7 Å². The Morgan fingerprint density at radius 3 is 2.46 bits per heavy atom. The highest BCUT2D eigenvalue weighted by Gasteiger charge is 2.66. The second-order valence-electron chi connectivity index (χ2n) is 8.29. The van der Waals surface area contributed by atoms with Gasteiger partial charge in [0.2, 0.25) is 5.91 Å². The van der Waals surface area contributed by atoms with Crippen LogP contribution in [0.4, 0.5) is 0 Å². The molecule has 6 nitrogen and oxygen atoms in total. The number of hydrogen-bond donors (Lipinski definition) is 1. The molecule has 0 spiro atoms. The number of amides is 1. The summed E-state index contributed by atoms with van der Waals surface area (Å²) in [6.07, 6.45) is 1.11. The fourth-order valence-electron chi connectivity index (χ4n) is 4.55. The van der Waals surface area contributed by atoms with Gasteiger partial charge in [0.15, 0.2) is 0 Å². The van der Waals surface area contributed by atoms with Gasteiger partial charge in [-0.1, -0.05) is 32.0 Å². The number of piperazine rings is 1. The van der Waals surface area contributed by atoms with E-state index in [2.05, 4.69) is 11.0 Å². The Morgan fingerprint density at radius 2 is 1.85 bits per heavy atom. The molecule has 1 N–H and O–H groups in total. The minimum Gasteiger partial charge on any atom is -0.488 e. The van der Waals surface area contributed by atoms with Crippen LogP contribution in [0.15, 0.2) is 24.3 Å². The first kappa shape index (κ1) is 17.3. The SMILES string of the molecule is CC1(C)[C@H](C(=O)N2CCN(C[C@@H]3Cc4ccccc4O3)CC2)[C@@H]1C(=O)O.